The second-order valence-corrected chi connectivity index (χ2v) is 5.19. The van der Waals surface area contributed by atoms with Gasteiger partial charge in [0.1, 0.15) is 5.75 Å². The second-order valence-electron chi connectivity index (χ2n) is 5.19. The number of piperazine rings is 1. The number of nitrogens with one attached hydrogen (secondary N) is 1. The van der Waals surface area contributed by atoms with Crippen molar-refractivity contribution in [2.24, 2.45) is 0 Å². The van der Waals surface area contributed by atoms with Crippen molar-refractivity contribution in [1.82, 2.24) is 5.32 Å². The fourth-order valence-electron chi connectivity index (χ4n) is 2.43. The summed E-state index contributed by atoms with van der Waals surface area (Å²) >= 11 is 0. The maximum absolute atomic E-state index is 5.48. The van der Waals surface area contributed by atoms with Crippen LogP contribution in [0.15, 0.2) is 24.3 Å². The summed E-state index contributed by atoms with van der Waals surface area (Å²) in [6.45, 7) is 10.5. The molecule has 1 aliphatic heterocycles. The first-order chi connectivity index (χ1) is 8.67. The molecule has 1 fully saturated rings. The van der Waals surface area contributed by atoms with E-state index in [4.69, 9.17) is 4.74 Å². The molecule has 1 aromatic rings. The van der Waals surface area contributed by atoms with E-state index < -0.39 is 0 Å². The van der Waals surface area contributed by atoms with Crippen LogP contribution in [0.2, 0.25) is 0 Å². The third-order valence-electron chi connectivity index (χ3n) is 3.77. The van der Waals surface area contributed by atoms with Crippen molar-refractivity contribution in [3.8, 4) is 5.75 Å². The van der Waals surface area contributed by atoms with E-state index in [1.54, 1.807) is 0 Å². The monoisotopic (exact) mass is 248 g/mol. The van der Waals surface area contributed by atoms with E-state index >= 15 is 0 Å². The minimum Gasteiger partial charge on any atom is -0.494 e. The summed E-state index contributed by atoms with van der Waals surface area (Å²) < 4.78 is 5.48. The largest absolute Gasteiger partial charge is 0.494 e. The van der Waals surface area contributed by atoms with Gasteiger partial charge >= 0.3 is 0 Å². The summed E-state index contributed by atoms with van der Waals surface area (Å²) in [6.07, 6.45) is 1.15. The molecule has 0 spiro atoms. The molecule has 2 rings (SSSR count). The van der Waals surface area contributed by atoms with Crippen LogP contribution in [0.3, 0.4) is 0 Å². The number of hydrogen-bond acceptors (Lipinski definition) is 3. The zero-order valence-corrected chi connectivity index (χ0v) is 11.7. The SMILES string of the molecule is CCOc1ccc(N2CCNC(C)(CC)C2)cc1. The molecule has 0 aliphatic carbocycles. The van der Waals surface area contributed by atoms with Gasteiger partial charge in [0.25, 0.3) is 0 Å². The molecular formula is C15H24N2O. The van der Waals surface area contributed by atoms with Crippen LogP contribution in [0.1, 0.15) is 27.2 Å². The first kappa shape index (κ1) is 13.2. The predicted octanol–water partition coefficient (Wildman–Crippen LogP) is 2.66. The topological polar surface area (TPSA) is 24.5 Å². The maximum atomic E-state index is 5.48. The highest BCUT2D eigenvalue weighted by atomic mass is 16.5. The zero-order chi connectivity index (χ0) is 13.0. The van der Waals surface area contributed by atoms with E-state index in [9.17, 15) is 0 Å². The van der Waals surface area contributed by atoms with Gasteiger partial charge in [-0.15, -0.1) is 0 Å². The summed E-state index contributed by atoms with van der Waals surface area (Å²) in [7, 11) is 0. The summed E-state index contributed by atoms with van der Waals surface area (Å²) in [5.41, 5.74) is 1.52. The van der Waals surface area contributed by atoms with E-state index in [2.05, 4.69) is 48.3 Å². The van der Waals surface area contributed by atoms with Crippen LogP contribution in [0.4, 0.5) is 5.69 Å². The van der Waals surface area contributed by atoms with Crippen LogP contribution >= 0.6 is 0 Å². The number of rotatable bonds is 4. The van der Waals surface area contributed by atoms with E-state index in [1.807, 2.05) is 6.92 Å². The summed E-state index contributed by atoms with van der Waals surface area (Å²) in [6, 6.07) is 8.44. The Kier molecular flexibility index (Phi) is 4.12. The lowest BCUT2D eigenvalue weighted by molar-refractivity contribution is 0.314. The van der Waals surface area contributed by atoms with Gasteiger partial charge < -0.3 is 15.0 Å². The van der Waals surface area contributed by atoms with Gasteiger partial charge in [0, 0.05) is 30.9 Å². The van der Waals surface area contributed by atoms with Crippen molar-refractivity contribution in [1.29, 1.82) is 0 Å². The van der Waals surface area contributed by atoms with Gasteiger partial charge in [-0.2, -0.15) is 0 Å². The quantitative estimate of drug-likeness (QED) is 0.886. The molecular weight excluding hydrogens is 224 g/mol. The van der Waals surface area contributed by atoms with Gasteiger partial charge in [0.2, 0.25) is 0 Å². The summed E-state index contributed by atoms with van der Waals surface area (Å²) in [5, 5.41) is 3.61. The first-order valence-corrected chi connectivity index (χ1v) is 6.90. The Hall–Kier alpha value is -1.22. The van der Waals surface area contributed by atoms with Crippen LogP contribution in [0.25, 0.3) is 0 Å². The van der Waals surface area contributed by atoms with Crippen LogP contribution in [0.5, 0.6) is 5.75 Å². The van der Waals surface area contributed by atoms with Crippen LogP contribution in [-0.2, 0) is 0 Å². The highest BCUT2D eigenvalue weighted by molar-refractivity contribution is 5.50. The smallest absolute Gasteiger partial charge is 0.119 e. The van der Waals surface area contributed by atoms with Crippen molar-refractivity contribution in [2.75, 3.05) is 31.1 Å². The van der Waals surface area contributed by atoms with Gasteiger partial charge in [-0.1, -0.05) is 6.92 Å². The Morgan fingerprint density at radius 1 is 1.28 bits per heavy atom. The average Bonchev–Trinajstić information content (AvgIpc) is 2.40. The Balaban J connectivity index is 2.06. The number of benzene rings is 1. The molecule has 100 valence electrons. The van der Waals surface area contributed by atoms with Gasteiger partial charge in [-0.25, -0.2) is 0 Å². The number of ether oxygens (including phenoxy) is 1. The van der Waals surface area contributed by atoms with Crippen molar-refractivity contribution < 1.29 is 4.74 Å². The lowest BCUT2D eigenvalue weighted by Gasteiger charge is -2.42. The highest BCUT2D eigenvalue weighted by Crippen LogP contribution is 2.24. The molecule has 0 radical (unpaired) electrons. The van der Waals surface area contributed by atoms with E-state index in [0.29, 0.717) is 0 Å². The number of hydrogen-bond donors (Lipinski definition) is 1. The molecule has 1 aromatic carbocycles. The molecule has 1 aliphatic rings. The third kappa shape index (κ3) is 2.96. The maximum Gasteiger partial charge on any atom is 0.119 e. The van der Waals surface area contributed by atoms with Gasteiger partial charge in [-0.05, 0) is 44.5 Å². The second kappa shape index (κ2) is 5.61. The molecule has 1 unspecified atom stereocenters. The fraction of sp³-hybridized carbons (Fsp3) is 0.600. The summed E-state index contributed by atoms with van der Waals surface area (Å²) in [4.78, 5) is 2.45. The predicted molar refractivity (Wildman–Crippen MR) is 76.5 cm³/mol. The van der Waals surface area contributed by atoms with Gasteiger partial charge in [0.15, 0.2) is 0 Å². The molecule has 3 nitrogen and oxygen atoms in total. The fourth-order valence-corrected chi connectivity index (χ4v) is 2.43. The van der Waals surface area contributed by atoms with Crippen LogP contribution in [0, 0.1) is 0 Å². The van der Waals surface area contributed by atoms with Gasteiger partial charge in [0.05, 0.1) is 6.61 Å². The molecule has 0 bridgehead atoms. The number of anilines is 1. The highest BCUT2D eigenvalue weighted by Gasteiger charge is 2.28. The molecule has 1 saturated heterocycles. The normalized spacial score (nSPS) is 24.1. The standard InChI is InChI=1S/C15H24N2O/c1-4-15(3)12-17(11-10-16-15)13-6-8-14(9-7-13)18-5-2/h6-9,16H,4-5,10-12H2,1-3H3. The van der Waals surface area contributed by atoms with Crippen molar-refractivity contribution >= 4 is 5.69 Å². The minimum absolute atomic E-state index is 0.233. The van der Waals surface area contributed by atoms with Gasteiger partial charge in [-0.3, -0.25) is 0 Å². The molecule has 0 saturated carbocycles. The molecule has 1 atom stereocenters. The molecule has 0 amide bonds. The Morgan fingerprint density at radius 2 is 2.00 bits per heavy atom. The molecule has 1 N–H and O–H groups in total. The lowest BCUT2D eigenvalue weighted by atomic mass is 9.95. The van der Waals surface area contributed by atoms with Crippen molar-refractivity contribution in [3.05, 3.63) is 24.3 Å². The molecule has 0 aromatic heterocycles. The summed E-state index contributed by atoms with van der Waals surface area (Å²) in [5.74, 6) is 0.953. The molecule has 18 heavy (non-hydrogen) atoms. The zero-order valence-electron chi connectivity index (χ0n) is 11.7. The van der Waals surface area contributed by atoms with Crippen LogP contribution < -0.4 is 15.0 Å². The Bertz CT molecular complexity index is 377. The Labute approximate surface area is 110 Å². The van der Waals surface area contributed by atoms with Crippen molar-refractivity contribution in [3.63, 3.8) is 0 Å². The molecule has 1 heterocycles. The van der Waals surface area contributed by atoms with E-state index in [0.717, 1.165) is 38.4 Å². The van der Waals surface area contributed by atoms with E-state index in [-0.39, 0.29) is 5.54 Å². The minimum atomic E-state index is 0.233. The Morgan fingerprint density at radius 3 is 2.61 bits per heavy atom. The average molecular weight is 248 g/mol. The molecule has 3 heteroatoms. The first-order valence-electron chi connectivity index (χ1n) is 6.90. The van der Waals surface area contributed by atoms with Crippen LogP contribution in [-0.4, -0.2) is 31.8 Å². The third-order valence-corrected chi connectivity index (χ3v) is 3.77. The van der Waals surface area contributed by atoms with E-state index in [1.165, 1.54) is 5.69 Å². The van der Waals surface area contributed by atoms with Crippen molar-refractivity contribution in [2.45, 2.75) is 32.7 Å². The number of nitrogens with zero attached hydrogens (tertiary/aromatic N) is 1. The lowest BCUT2D eigenvalue weighted by Crippen LogP contribution is -2.58.